The van der Waals surface area contributed by atoms with Crippen LogP contribution in [0.4, 0.5) is 28.8 Å². The van der Waals surface area contributed by atoms with Crippen LogP contribution in [0.1, 0.15) is 13.8 Å². The zero-order valence-electron chi connectivity index (χ0n) is 25.1. The first-order valence-electron chi connectivity index (χ1n) is 13.9. The summed E-state index contributed by atoms with van der Waals surface area (Å²) in [5, 5.41) is 6.57. The molecule has 0 bridgehead atoms. The largest absolute Gasteiger partial charge is 0.489 e. The van der Waals surface area contributed by atoms with Crippen molar-refractivity contribution < 1.29 is 13.2 Å². The van der Waals surface area contributed by atoms with Crippen molar-refractivity contribution in [2.45, 2.75) is 24.8 Å². The molecule has 0 spiro atoms. The van der Waals surface area contributed by atoms with E-state index in [1.807, 2.05) is 19.9 Å². The summed E-state index contributed by atoms with van der Waals surface area (Å²) in [5.74, 6) is 1.24. The minimum Gasteiger partial charge on any atom is -0.489 e. The van der Waals surface area contributed by atoms with Crippen LogP contribution in [0.3, 0.4) is 0 Å². The lowest BCUT2D eigenvalue weighted by atomic mass is 10.2. The van der Waals surface area contributed by atoms with Crippen LogP contribution in [-0.2, 0) is 10.0 Å². The second-order valence-electron chi connectivity index (χ2n) is 10.9. The molecule has 1 aromatic heterocycles. The van der Waals surface area contributed by atoms with E-state index in [0.717, 1.165) is 49.3 Å². The third kappa shape index (κ3) is 8.01. The van der Waals surface area contributed by atoms with Gasteiger partial charge < -0.3 is 25.2 Å². The summed E-state index contributed by atoms with van der Waals surface area (Å²) in [6, 6.07) is 12.7. The molecule has 1 aliphatic heterocycles. The van der Waals surface area contributed by atoms with Crippen molar-refractivity contribution in [3.63, 3.8) is 0 Å². The number of nitrogens with zero attached hydrogens (tertiary/aromatic N) is 6. The summed E-state index contributed by atoms with van der Waals surface area (Å²) in [6.07, 6.45) is 1.43. The van der Waals surface area contributed by atoms with Gasteiger partial charge in [-0.15, -0.1) is 0 Å². The fourth-order valence-corrected chi connectivity index (χ4v) is 5.67. The van der Waals surface area contributed by atoms with Gasteiger partial charge in [-0.25, -0.2) is 17.7 Å². The second-order valence-corrected chi connectivity index (χ2v) is 13.4. The van der Waals surface area contributed by atoms with Crippen LogP contribution >= 0.6 is 11.6 Å². The number of halogens is 1. The molecule has 2 aromatic carbocycles. The molecule has 13 heteroatoms. The third-order valence-corrected chi connectivity index (χ3v) is 8.97. The van der Waals surface area contributed by atoms with Crippen molar-refractivity contribution in [3.05, 3.63) is 53.7 Å². The topological polar surface area (TPSA) is 106 Å². The van der Waals surface area contributed by atoms with Crippen molar-refractivity contribution in [1.82, 2.24) is 24.1 Å². The lowest BCUT2D eigenvalue weighted by molar-refractivity contribution is 0.229. The molecule has 0 aliphatic carbocycles. The number of para-hydroxylation sites is 1. The molecule has 11 nitrogen and oxygen atoms in total. The normalized spacial score (nSPS) is 14.6. The number of ether oxygens (including phenoxy) is 1. The van der Waals surface area contributed by atoms with Gasteiger partial charge in [-0.1, -0.05) is 23.7 Å². The van der Waals surface area contributed by atoms with Crippen LogP contribution in [0.15, 0.2) is 53.6 Å². The number of likely N-dealkylation sites (N-methyl/N-ethyl adjacent to an activating group) is 1. The summed E-state index contributed by atoms with van der Waals surface area (Å²) in [4.78, 5) is 16.1. The van der Waals surface area contributed by atoms with Crippen molar-refractivity contribution >= 4 is 50.5 Å². The van der Waals surface area contributed by atoms with E-state index < -0.39 is 10.0 Å². The van der Waals surface area contributed by atoms with Gasteiger partial charge in [0.1, 0.15) is 15.7 Å². The van der Waals surface area contributed by atoms with Crippen molar-refractivity contribution in [3.8, 4) is 5.75 Å². The quantitative estimate of drug-likeness (QED) is 0.305. The molecule has 2 N–H and O–H groups in total. The minimum absolute atomic E-state index is 0.0396. The number of benzene rings is 2. The van der Waals surface area contributed by atoms with Crippen molar-refractivity contribution in [1.29, 1.82) is 0 Å². The van der Waals surface area contributed by atoms with Gasteiger partial charge in [0, 0.05) is 65.1 Å². The van der Waals surface area contributed by atoms with Crippen LogP contribution in [0, 0.1) is 0 Å². The number of hydrogen-bond donors (Lipinski definition) is 2. The van der Waals surface area contributed by atoms with Gasteiger partial charge in [-0.05, 0) is 52.2 Å². The number of rotatable bonds is 12. The molecule has 42 heavy (non-hydrogen) atoms. The van der Waals surface area contributed by atoms with Gasteiger partial charge in [0.2, 0.25) is 16.0 Å². The van der Waals surface area contributed by atoms with Gasteiger partial charge in [-0.2, -0.15) is 4.98 Å². The van der Waals surface area contributed by atoms with E-state index >= 15 is 0 Å². The smallest absolute Gasteiger partial charge is 0.244 e. The molecule has 3 aromatic rings. The number of aromatic nitrogens is 2. The Hall–Kier alpha value is -3.16. The molecule has 0 radical (unpaired) electrons. The van der Waals surface area contributed by atoms with Crippen LogP contribution in [0.25, 0.3) is 0 Å². The maximum atomic E-state index is 12.9. The lowest BCUT2D eigenvalue weighted by Crippen LogP contribution is -2.48. The van der Waals surface area contributed by atoms with Gasteiger partial charge >= 0.3 is 0 Å². The standard InChI is InChI=1S/C29H41ClN8O3S/c1-21(2)41-26-19-22(38-17-15-37(16-18-38)14-13-35(3)4)11-12-24(26)33-29-31-20-23(30)28(34-29)32-25-9-7-8-10-27(25)42(39,40)36(5)6/h7-12,19-21H,13-18H2,1-6H3,(H2,31,32,33,34). The molecule has 1 saturated heterocycles. The number of hydrogen-bond acceptors (Lipinski definition) is 10. The average molecular weight is 617 g/mol. The van der Waals surface area contributed by atoms with Crippen LogP contribution in [-0.4, -0.2) is 106 Å². The zero-order chi connectivity index (χ0) is 30.4. The Bertz CT molecular complexity index is 1460. The molecule has 2 heterocycles. The van der Waals surface area contributed by atoms with Crippen molar-refractivity contribution in [2.75, 3.05) is 83.0 Å². The predicted molar refractivity (Wildman–Crippen MR) is 170 cm³/mol. The number of anilines is 5. The molecule has 1 aliphatic rings. The van der Waals surface area contributed by atoms with Crippen LogP contribution in [0.5, 0.6) is 5.75 Å². The molecule has 0 saturated carbocycles. The summed E-state index contributed by atoms with van der Waals surface area (Å²) >= 11 is 6.42. The Labute approximate surface area is 254 Å². The molecule has 0 amide bonds. The first-order valence-corrected chi connectivity index (χ1v) is 15.8. The molecular formula is C29H41ClN8O3S. The zero-order valence-corrected chi connectivity index (χ0v) is 26.7. The van der Waals surface area contributed by atoms with E-state index in [0.29, 0.717) is 17.1 Å². The molecular weight excluding hydrogens is 576 g/mol. The summed E-state index contributed by atoms with van der Waals surface area (Å²) in [5.41, 5.74) is 2.16. The monoisotopic (exact) mass is 616 g/mol. The van der Waals surface area contributed by atoms with E-state index in [1.54, 1.807) is 18.2 Å². The highest BCUT2D eigenvalue weighted by atomic mass is 35.5. The van der Waals surface area contributed by atoms with Gasteiger partial charge in [0.05, 0.1) is 23.7 Å². The molecule has 0 atom stereocenters. The van der Waals surface area contributed by atoms with E-state index in [4.69, 9.17) is 16.3 Å². The number of piperazine rings is 1. The van der Waals surface area contributed by atoms with E-state index in [1.165, 1.54) is 26.4 Å². The summed E-state index contributed by atoms with van der Waals surface area (Å²) in [6.45, 7) is 10.0. The third-order valence-electron chi connectivity index (χ3n) is 6.82. The Kier molecular flexibility index (Phi) is 10.5. The Morgan fingerprint density at radius 3 is 2.38 bits per heavy atom. The summed E-state index contributed by atoms with van der Waals surface area (Å²) < 4.78 is 33.1. The van der Waals surface area contributed by atoms with E-state index in [2.05, 4.69) is 61.5 Å². The lowest BCUT2D eigenvalue weighted by Gasteiger charge is -2.36. The fraction of sp³-hybridized carbons (Fsp3) is 0.448. The minimum atomic E-state index is -3.70. The van der Waals surface area contributed by atoms with Crippen molar-refractivity contribution in [2.24, 2.45) is 0 Å². The van der Waals surface area contributed by atoms with Gasteiger partial charge in [-0.3, -0.25) is 4.90 Å². The maximum Gasteiger partial charge on any atom is 0.244 e. The SMILES string of the molecule is CC(C)Oc1cc(N2CCN(CCN(C)C)CC2)ccc1Nc1ncc(Cl)c(Nc2ccccc2S(=O)(=O)N(C)C)n1. The average Bonchev–Trinajstić information content (AvgIpc) is 2.94. The van der Waals surface area contributed by atoms with Crippen LogP contribution in [0.2, 0.25) is 5.02 Å². The van der Waals surface area contributed by atoms with E-state index in [9.17, 15) is 8.42 Å². The highest BCUT2D eigenvalue weighted by Gasteiger charge is 2.22. The molecule has 0 unspecified atom stereocenters. The van der Waals surface area contributed by atoms with Gasteiger partial charge in [0.15, 0.2) is 5.82 Å². The highest BCUT2D eigenvalue weighted by Crippen LogP contribution is 2.34. The van der Waals surface area contributed by atoms with Gasteiger partial charge in [0.25, 0.3) is 0 Å². The highest BCUT2D eigenvalue weighted by molar-refractivity contribution is 7.89. The Morgan fingerprint density at radius 2 is 1.71 bits per heavy atom. The van der Waals surface area contributed by atoms with Crippen LogP contribution < -0.4 is 20.3 Å². The van der Waals surface area contributed by atoms with E-state index in [-0.39, 0.29) is 27.8 Å². The first kappa shape index (κ1) is 31.8. The predicted octanol–water partition coefficient (Wildman–Crippen LogP) is 4.34. The number of sulfonamides is 1. The first-order chi connectivity index (χ1) is 19.9. The Balaban J connectivity index is 1.54. The second kappa shape index (κ2) is 13.9. The molecule has 4 rings (SSSR count). The molecule has 228 valence electrons. The maximum absolute atomic E-state index is 12.9. The fourth-order valence-electron chi connectivity index (χ4n) is 4.49. The Morgan fingerprint density at radius 1 is 1.00 bits per heavy atom. The summed E-state index contributed by atoms with van der Waals surface area (Å²) in [7, 11) is 3.48. The number of nitrogens with one attached hydrogen (secondary N) is 2. The molecule has 1 fully saturated rings.